The van der Waals surface area contributed by atoms with E-state index in [0.717, 1.165) is 30.8 Å². The average Bonchev–Trinajstić information content (AvgIpc) is 3.28. The van der Waals surface area contributed by atoms with Crippen molar-refractivity contribution in [2.24, 2.45) is 5.41 Å². The number of hydrogen-bond donors (Lipinski definition) is 1. The molecule has 31 heavy (non-hydrogen) atoms. The van der Waals surface area contributed by atoms with Crippen molar-refractivity contribution in [2.75, 3.05) is 32.1 Å². The molecule has 0 amide bonds. The minimum absolute atomic E-state index is 0.0135. The number of carbonyl (C=O) groups is 2. The summed E-state index contributed by atoms with van der Waals surface area (Å²) in [7, 11) is 3.19. The van der Waals surface area contributed by atoms with E-state index in [1.54, 1.807) is 0 Å². The van der Waals surface area contributed by atoms with Gasteiger partial charge < -0.3 is 19.5 Å². The monoisotopic (exact) mass is 426 g/mol. The highest BCUT2D eigenvalue weighted by atomic mass is 16.6. The molecule has 3 heterocycles. The Morgan fingerprint density at radius 3 is 2.68 bits per heavy atom. The van der Waals surface area contributed by atoms with Crippen LogP contribution in [0.5, 0.6) is 0 Å². The highest BCUT2D eigenvalue weighted by Gasteiger charge is 2.80. The van der Waals surface area contributed by atoms with Gasteiger partial charge in [0.15, 0.2) is 6.10 Å². The lowest BCUT2D eigenvalue weighted by atomic mass is 9.47. The first-order valence-electron chi connectivity index (χ1n) is 11.0. The van der Waals surface area contributed by atoms with Crippen LogP contribution in [0.1, 0.15) is 32.3 Å². The number of nitrogens with zero attached hydrogens (tertiary/aromatic N) is 2. The highest BCUT2D eigenvalue weighted by molar-refractivity contribution is 5.86. The zero-order valence-electron chi connectivity index (χ0n) is 18.5. The van der Waals surface area contributed by atoms with Gasteiger partial charge in [0.25, 0.3) is 0 Å². The fourth-order valence-corrected chi connectivity index (χ4v) is 7.53. The molecule has 0 radical (unpaired) electrons. The predicted octanol–water partition coefficient (Wildman–Crippen LogP) is 1.63. The lowest BCUT2D eigenvalue weighted by molar-refractivity contribution is -0.228. The predicted molar refractivity (Wildman–Crippen MR) is 115 cm³/mol. The first kappa shape index (κ1) is 20.5. The Kier molecular flexibility index (Phi) is 4.34. The number of carbonyl (C=O) groups excluding carboxylic acids is 2. The van der Waals surface area contributed by atoms with Gasteiger partial charge in [0.1, 0.15) is 0 Å². The molecule has 4 aliphatic rings. The van der Waals surface area contributed by atoms with E-state index in [9.17, 15) is 14.7 Å². The van der Waals surface area contributed by atoms with E-state index in [-0.39, 0.29) is 6.04 Å². The minimum Gasteiger partial charge on any atom is -0.467 e. The first-order valence-corrected chi connectivity index (χ1v) is 11.0. The Balaban J connectivity index is 1.87. The van der Waals surface area contributed by atoms with Gasteiger partial charge in [-0.2, -0.15) is 0 Å². The molecule has 7 nitrogen and oxygen atoms in total. The van der Waals surface area contributed by atoms with E-state index in [1.165, 1.54) is 14.0 Å². The molecule has 1 saturated heterocycles. The molecule has 1 N–H and O–H groups in total. The van der Waals surface area contributed by atoms with E-state index < -0.39 is 40.5 Å². The molecule has 0 bridgehead atoms. The fourth-order valence-electron chi connectivity index (χ4n) is 7.53. The molecule has 1 aromatic carbocycles. The molecule has 1 saturated carbocycles. The van der Waals surface area contributed by atoms with E-state index in [2.05, 4.69) is 23.1 Å². The van der Waals surface area contributed by atoms with Crippen molar-refractivity contribution in [2.45, 2.75) is 55.9 Å². The summed E-state index contributed by atoms with van der Waals surface area (Å²) in [5, 5.41) is 12.4. The summed E-state index contributed by atoms with van der Waals surface area (Å²) in [4.78, 5) is 30.1. The Morgan fingerprint density at radius 2 is 2.00 bits per heavy atom. The molecule has 6 atom stereocenters. The van der Waals surface area contributed by atoms with Gasteiger partial charge in [-0.05, 0) is 31.0 Å². The van der Waals surface area contributed by atoms with E-state index in [0.29, 0.717) is 6.42 Å². The number of benzene rings is 1. The van der Waals surface area contributed by atoms with E-state index in [1.807, 2.05) is 37.1 Å². The Labute approximate surface area is 182 Å². The standard InChI is InChI=1S/C24H30N2O5/c1-5-22-11-8-13-26-14-12-23(18(22)26)16-9-6-7-10-17(16)25(3)19(23)24(29,21(28)30-4)20(22)31-15(2)27/h6-11,18-20,29H,5,12-14H2,1-4H3/t18-,19+,20+,22+,23+,24-/m0/s1. The number of aliphatic hydroxyl groups is 1. The van der Waals surface area contributed by atoms with Gasteiger partial charge in [0.05, 0.1) is 13.2 Å². The quantitative estimate of drug-likeness (QED) is 0.581. The number of ether oxygens (including phenoxy) is 2. The normalized spacial score (nSPS) is 40.2. The van der Waals surface area contributed by atoms with Gasteiger partial charge in [-0.15, -0.1) is 0 Å². The highest BCUT2D eigenvalue weighted by Crippen LogP contribution is 2.67. The second kappa shape index (κ2) is 6.56. The first-order chi connectivity index (χ1) is 14.8. The lowest BCUT2D eigenvalue weighted by Crippen LogP contribution is -2.81. The van der Waals surface area contributed by atoms with Gasteiger partial charge in [-0.25, -0.2) is 4.79 Å². The number of likely N-dealkylation sites (N-methyl/N-ethyl adjacent to an activating group) is 1. The molecule has 7 heteroatoms. The maximum Gasteiger partial charge on any atom is 0.344 e. The third kappa shape index (κ3) is 2.21. The van der Waals surface area contributed by atoms with E-state index >= 15 is 0 Å². The van der Waals surface area contributed by atoms with Crippen LogP contribution in [-0.2, 0) is 24.5 Å². The smallest absolute Gasteiger partial charge is 0.344 e. The summed E-state index contributed by atoms with van der Waals surface area (Å²) in [6, 6.07) is 7.53. The van der Waals surface area contributed by atoms with E-state index in [4.69, 9.17) is 9.47 Å². The topological polar surface area (TPSA) is 79.3 Å². The van der Waals surface area contributed by atoms with Crippen molar-refractivity contribution in [1.29, 1.82) is 0 Å². The second-order valence-electron chi connectivity index (χ2n) is 9.39. The van der Waals surface area contributed by atoms with Crippen molar-refractivity contribution in [3.8, 4) is 0 Å². The zero-order valence-corrected chi connectivity index (χ0v) is 18.5. The van der Waals surface area contributed by atoms with Gasteiger partial charge in [0, 0.05) is 43.1 Å². The molecule has 0 aromatic heterocycles. The average molecular weight is 427 g/mol. The third-order valence-corrected chi connectivity index (χ3v) is 8.32. The van der Waals surface area contributed by atoms with Crippen LogP contribution in [0.4, 0.5) is 5.69 Å². The number of rotatable bonds is 3. The zero-order chi connectivity index (χ0) is 22.2. The molecule has 0 unspecified atom stereocenters. The number of hydrogen-bond acceptors (Lipinski definition) is 7. The number of esters is 2. The third-order valence-electron chi connectivity index (χ3n) is 8.32. The molecule has 1 aromatic rings. The van der Waals surface area contributed by atoms with Crippen molar-refractivity contribution in [1.82, 2.24) is 4.90 Å². The van der Waals surface area contributed by atoms with Crippen LogP contribution in [0.3, 0.4) is 0 Å². The summed E-state index contributed by atoms with van der Waals surface area (Å²) in [5.74, 6) is -1.28. The number of fused-ring (bicyclic) bond motifs is 1. The second-order valence-corrected chi connectivity index (χ2v) is 9.39. The summed E-state index contributed by atoms with van der Waals surface area (Å²) in [5.41, 5.74) is -1.10. The Hall–Kier alpha value is -2.38. The van der Waals surface area contributed by atoms with Crippen molar-refractivity contribution < 1.29 is 24.2 Å². The number of anilines is 1. The number of para-hydroxylation sites is 1. The van der Waals surface area contributed by atoms with Gasteiger partial charge in [-0.3, -0.25) is 9.69 Å². The van der Waals surface area contributed by atoms with Gasteiger partial charge in [-0.1, -0.05) is 37.3 Å². The van der Waals surface area contributed by atoms with Crippen molar-refractivity contribution in [3.05, 3.63) is 42.0 Å². The largest absolute Gasteiger partial charge is 0.467 e. The van der Waals surface area contributed by atoms with Crippen LogP contribution in [-0.4, -0.2) is 73.0 Å². The van der Waals surface area contributed by atoms with Crippen LogP contribution in [0.25, 0.3) is 0 Å². The van der Waals surface area contributed by atoms with Gasteiger partial charge >= 0.3 is 11.9 Å². The van der Waals surface area contributed by atoms with Crippen LogP contribution in [0, 0.1) is 5.41 Å². The molecule has 5 rings (SSSR count). The summed E-state index contributed by atoms with van der Waals surface area (Å²) in [6.45, 7) is 5.02. The molecule has 166 valence electrons. The molecule has 1 aliphatic carbocycles. The van der Waals surface area contributed by atoms with Crippen LogP contribution >= 0.6 is 0 Å². The molecule has 1 spiro atoms. The Bertz CT molecular complexity index is 978. The summed E-state index contributed by atoms with van der Waals surface area (Å²) < 4.78 is 11.1. The SMILES string of the molecule is CC[C@]12C=CCN3CC[C@@]4(c5ccccc5N(C)[C@H]4[C@@](O)(C(=O)OC)[C@@H]1OC(C)=O)[C@@H]32. The van der Waals surface area contributed by atoms with Crippen LogP contribution < -0.4 is 4.90 Å². The molecular formula is C24H30N2O5. The molecule has 2 fully saturated rings. The summed E-state index contributed by atoms with van der Waals surface area (Å²) in [6.07, 6.45) is 4.52. The summed E-state index contributed by atoms with van der Waals surface area (Å²) >= 11 is 0. The molecular weight excluding hydrogens is 396 g/mol. The Morgan fingerprint density at radius 1 is 1.26 bits per heavy atom. The number of methoxy groups -OCH3 is 1. The fraction of sp³-hybridized carbons (Fsp3) is 0.583. The minimum atomic E-state index is -2.03. The lowest BCUT2D eigenvalue weighted by Gasteiger charge is -2.63. The van der Waals surface area contributed by atoms with Gasteiger partial charge in [0.2, 0.25) is 5.60 Å². The molecule has 3 aliphatic heterocycles. The van der Waals surface area contributed by atoms with Crippen molar-refractivity contribution in [3.63, 3.8) is 0 Å². The van der Waals surface area contributed by atoms with Crippen LogP contribution in [0.2, 0.25) is 0 Å². The maximum absolute atomic E-state index is 13.4. The van der Waals surface area contributed by atoms with Crippen LogP contribution in [0.15, 0.2) is 36.4 Å². The van der Waals surface area contributed by atoms with Crippen molar-refractivity contribution >= 4 is 17.6 Å². The maximum atomic E-state index is 13.4.